The Bertz CT molecular complexity index is 257. The fraction of sp³-hybridized carbons (Fsp3) is 0.222. The second-order valence-electron chi connectivity index (χ2n) is 2.53. The summed E-state index contributed by atoms with van der Waals surface area (Å²) in [6, 6.07) is 5.70. The summed E-state index contributed by atoms with van der Waals surface area (Å²) in [5.41, 5.74) is 0. The van der Waals surface area contributed by atoms with Gasteiger partial charge in [0.2, 0.25) is 0 Å². The number of aromatic hydroxyl groups is 2. The standard InChI is InChI=1S/C6H6O2.C3H6O3/c7-5-1-2-6(8)4-3-5;1-2(4)3(5)6/h1-4,7-8H;2,4H,1H3,(H,5,6). The summed E-state index contributed by atoms with van der Waals surface area (Å²) in [5.74, 6) is -0.847. The Kier molecular flexibility index (Phi) is 5.09. The number of hydrogen-bond donors (Lipinski definition) is 4. The number of rotatable bonds is 1. The zero-order valence-electron chi connectivity index (χ0n) is 7.58. The Balaban J connectivity index is 0.000000255. The number of hydrogen-bond acceptors (Lipinski definition) is 4. The highest BCUT2D eigenvalue weighted by Gasteiger charge is 2.01. The lowest BCUT2D eigenvalue weighted by Crippen LogP contribution is -2.13. The summed E-state index contributed by atoms with van der Waals surface area (Å²) < 4.78 is 0. The lowest BCUT2D eigenvalue weighted by molar-refractivity contribution is -0.145. The molecular formula is C9H12O5. The first-order valence-corrected chi connectivity index (χ1v) is 3.82. The van der Waals surface area contributed by atoms with Gasteiger partial charge in [0.1, 0.15) is 17.6 Å². The van der Waals surface area contributed by atoms with E-state index in [4.69, 9.17) is 20.4 Å². The van der Waals surface area contributed by atoms with E-state index >= 15 is 0 Å². The molecule has 1 aromatic carbocycles. The third kappa shape index (κ3) is 5.84. The first-order chi connectivity index (χ1) is 6.43. The van der Waals surface area contributed by atoms with E-state index in [9.17, 15) is 4.79 Å². The summed E-state index contributed by atoms with van der Waals surface area (Å²) in [6.45, 7) is 1.20. The quantitative estimate of drug-likeness (QED) is 0.496. The second-order valence-corrected chi connectivity index (χ2v) is 2.53. The molecule has 4 N–H and O–H groups in total. The van der Waals surface area contributed by atoms with E-state index < -0.39 is 12.1 Å². The first kappa shape index (κ1) is 12.2. The highest BCUT2D eigenvalue weighted by molar-refractivity contribution is 5.71. The predicted molar refractivity (Wildman–Crippen MR) is 49.1 cm³/mol. The van der Waals surface area contributed by atoms with Gasteiger partial charge in [-0.25, -0.2) is 4.79 Å². The summed E-state index contributed by atoms with van der Waals surface area (Å²) in [7, 11) is 0. The molecule has 5 nitrogen and oxygen atoms in total. The Labute approximate surface area is 80.9 Å². The number of phenols is 2. The maximum Gasteiger partial charge on any atom is 0.332 e. The zero-order valence-corrected chi connectivity index (χ0v) is 7.58. The number of carboxylic acid groups (broad SMARTS) is 1. The minimum Gasteiger partial charge on any atom is -0.508 e. The molecule has 0 aliphatic carbocycles. The van der Waals surface area contributed by atoms with Gasteiger partial charge >= 0.3 is 5.97 Å². The van der Waals surface area contributed by atoms with Crippen LogP contribution < -0.4 is 0 Å². The van der Waals surface area contributed by atoms with Crippen LogP contribution in [0.15, 0.2) is 24.3 Å². The van der Waals surface area contributed by atoms with Gasteiger partial charge in [-0.2, -0.15) is 0 Å². The molecule has 0 amide bonds. The Hall–Kier alpha value is -1.75. The van der Waals surface area contributed by atoms with E-state index in [0.717, 1.165) is 0 Å². The van der Waals surface area contributed by atoms with Crippen molar-refractivity contribution in [2.75, 3.05) is 0 Å². The maximum absolute atomic E-state index is 9.45. The smallest absolute Gasteiger partial charge is 0.332 e. The molecule has 1 rings (SSSR count). The molecule has 0 radical (unpaired) electrons. The third-order valence-electron chi connectivity index (χ3n) is 1.21. The maximum atomic E-state index is 9.45. The molecule has 1 aromatic rings. The van der Waals surface area contributed by atoms with Crippen LogP contribution in [0.2, 0.25) is 0 Å². The number of benzene rings is 1. The van der Waals surface area contributed by atoms with Crippen LogP contribution in [0.3, 0.4) is 0 Å². The van der Waals surface area contributed by atoms with Gasteiger partial charge in [0.25, 0.3) is 0 Å². The van der Waals surface area contributed by atoms with E-state index in [1.165, 1.54) is 31.2 Å². The van der Waals surface area contributed by atoms with Crippen LogP contribution in [-0.2, 0) is 4.79 Å². The molecule has 0 bridgehead atoms. The number of carboxylic acids is 1. The number of carbonyl (C=O) groups is 1. The van der Waals surface area contributed by atoms with Crippen LogP contribution in [0.4, 0.5) is 0 Å². The molecular weight excluding hydrogens is 188 g/mol. The molecule has 14 heavy (non-hydrogen) atoms. The molecule has 0 saturated heterocycles. The van der Waals surface area contributed by atoms with Crippen molar-refractivity contribution in [2.24, 2.45) is 0 Å². The molecule has 0 fully saturated rings. The molecule has 0 aliphatic heterocycles. The van der Waals surface area contributed by atoms with E-state index in [0.29, 0.717) is 0 Å². The van der Waals surface area contributed by atoms with E-state index in [2.05, 4.69) is 0 Å². The number of aliphatic carboxylic acids is 1. The summed E-state index contributed by atoms with van der Waals surface area (Å²) in [5, 5.41) is 33.1. The van der Waals surface area contributed by atoms with Gasteiger partial charge in [-0.3, -0.25) is 0 Å². The summed E-state index contributed by atoms with van der Waals surface area (Å²) in [4.78, 5) is 9.45. The monoisotopic (exact) mass is 200 g/mol. The zero-order chi connectivity index (χ0) is 11.1. The van der Waals surface area contributed by atoms with Crippen molar-refractivity contribution in [1.29, 1.82) is 0 Å². The third-order valence-corrected chi connectivity index (χ3v) is 1.21. The van der Waals surface area contributed by atoms with Crippen molar-refractivity contribution in [2.45, 2.75) is 13.0 Å². The molecule has 0 heterocycles. The van der Waals surface area contributed by atoms with Crippen LogP contribution in [0.5, 0.6) is 11.5 Å². The van der Waals surface area contributed by atoms with Gasteiger partial charge < -0.3 is 20.4 Å². The SMILES string of the molecule is CC(O)C(=O)O.Oc1ccc(O)cc1. The minimum absolute atomic E-state index is 0.169. The number of aliphatic hydroxyl groups is 1. The molecule has 1 atom stereocenters. The van der Waals surface area contributed by atoms with Gasteiger partial charge in [0.05, 0.1) is 0 Å². The number of phenolic OH excluding ortho intramolecular Hbond substituents is 2. The van der Waals surface area contributed by atoms with Gasteiger partial charge in [0.15, 0.2) is 0 Å². The summed E-state index contributed by atoms with van der Waals surface area (Å²) in [6.07, 6.45) is -1.23. The molecule has 0 spiro atoms. The van der Waals surface area contributed by atoms with Crippen LogP contribution in [0, 0.1) is 0 Å². The molecule has 0 saturated carbocycles. The summed E-state index contributed by atoms with van der Waals surface area (Å²) >= 11 is 0. The first-order valence-electron chi connectivity index (χ1n) is 3.82. The molecule has 0 aliphatic rings. The van der Waals surface area contributed by atoms with Crippen molar-refractivity contribution >= 4 is 5.97 Å². The van der Waals surface area contributed by atoms with Gasteiger partial charge in [0, 0.05) is 0 Å². The highest BCUT2D eigenvalue weighted by atomic mass is 16.4. The van der Waals surface area contributed by atoms with Crippen LogP contribution in [0.25, 0.3) is 0 Å². The molecule has 78 valence electrons. The normalized spacial score (nSPS) is 11.0. The van der Waals surface area contributed by atoms with Crippen molar-refractivity contribution in [3.05, 3.63) is 24.3 Å². The molecule has 1 unspecified atom stereocenters. The van der Waals surface area contributed by atoms with Crippen molar-refractivity contribution in [3.63, 3.8) is 0 Å². The topological polar surface area (TPSA) is 98.0 Å². The van der Waals surface area contributed by atoms with E-state index in [1.807, 2.05) is 0 Å². The average molecular weight is 200 g/mol. The van der Waals surface area contributed by atoms with Crippen LogP contribution in [-0.4, -0.2) is 32.5 Å². The van der Waals surface area contributed by atoms with Crippen molar-refractivity contribution < 1.29 is 25.2 Å². The second kappa shape index (κ2) is 5.82. The Morgan fingerprint density at radius 1 is 1.14 bits per heavy atom. The predicted octanol–water partition coefficient (Wildman–Crippen LogP) is 0.550. The van der Waals surface area contributed by atoms with Gasteiger partial charge in [-0.15, -0.1) is 0 Å². The van der Waals surface area contributed by atoms with Crippen molar-refractivity contribution in [3.8, 4) is 11.5 Å². The van der Waals surface area contributed by atoms with Gasteiger partial charge in [-0.05, 0) is 31.2 Å². The minimum atomic E-state index is -1.23. The van der Waals surface area contributed by atoms with E-state index in [1.54, 1.807) is 0 Å². The average Bonchev–Trinajstić information content (AvgIpc) is 2.11. The van der Waals surface area contributed by atoms with Crippen LogP contribution >= 0.6 is 0 Å². The molecule has 0 aromatic heterocycles. The fourth-order valence-corrected chi connectivity index (χ4v) is 0.453. The fourth-order valence-electron chi connectivity index (χ4n) is 0.453. The lowest BCUT2D eigenvalue weighted by Gasteiger charge is -1.89. The Morgan fingerprint density at radius 2 is 1.36 bits per heavy atom. The lowest BCUT2D eigenvalue weighted by atomic mass is 10.3. The van der Waals surface area contributed by atoms with Gasteiger partial charge in [-0.1, -0.05) is 0 Å². The highest BCUT2D eigenvalue weighted by Crippen LogP contribution is 2.13. The van der Waals surface area contributed by atoms with E-state index in [-0.39, 0.29) is 11.5 Å². The Morgan fingerprint density at radius 3 is 1.50 bits per heavy atom. The largest absolute Gasteiger partial charge is 0.508 e. The molecule has 5 heteroatoms. The van der Waals surface area contributed by atoms with Crippen LogP contribution in [0.1, 0.15) is 6.92 Å². The van der Waals surface area contributed by atoms with Crippen molar-refractivity contribution in [1.82, 2.24) is 0 Å². The number of aliphatic hydroxyl groups excluding tert-OH is 1.